The third kappa shape index (κ3) is 2.43. The average Bonchev–Trinajstić information content (AvgIpc) is 2.75. The van der Waals surface area contributed by atoms with Crippen molar-refractivity contribution in [2.45, 2.75) is 13.5 Å². The molecule has 0 unspecified atom stereocenters. The summed E-state index contributed by atoms with van der Waals surface area (Å²) in [5.41, 5.74) is 8.60. The lowest BCUT2D eigenvalue weighted by molar-refractivity contribution is 1.07. The van der Waals surface area contributed by atoms with Crippen LogP contribution in [0, 0.1) is 6.92 Å². The van der Waals surface area contributed by atoms with E-state index in [4.69, 9.17) is 5.73 Å². The molecule has 0 radical (unpaired) electrons. The van der Waals surface area contributed by atoms with Crippen LogP contribution in [0.15, 0.2) is 28.1 Å². The Kier molecular flexibility index (Phi) is 3.26. The summed E-state index contributed by atoms with van der Waals surface area (Å²) < 4.78 is 0. The fourth-order valence-corrected chi connectivity index (χ4v) is 1.95. The molecule has 0 aliphatic carbocycles. The van der Waals surface area contributed by atoms with Gasteiger partial charge in [0.05, 0.1) is 17.8 Å². The van der Waals surface area contributed by atoms with Gasteiger partial charge in [0.1, 0.15) is 12.1 Å². The zero-order valence-electron chi connectivity index (χ0n) is 8.92. The van der Waals surface area contributed by atoms with Crippen LogP contribution in [0.4, 0.5) is 5.82 Å². The van der Waals surface area contributed by atoms with Crippen LogP contribution in [0.1, 0.15) is 16.8 Å². The first-order chi connectivity index (χ1) is 7.77. The van der Waals surface area contributed by atoms with Gasteiger partial charge in [-0.05, 0) is 29.3 Å². The van der Waals surface area contributed by atoms with Crippen molar-refractivity contribution in [2.24, 2.45) is 4.99 Å². The van der Waals surface area contributed by atoms with Crippen molar-refractivity contribution in [2.75, 3.05) is 5.73 Å². The normalized spacial score (nSPS) is 11.1. The third-order valence-electron chi connectivity index (χ3n) is 2.19. The lowest BCUT2D eigenvalue weighted by Crippen LogP contribution is -2.01. The lowest BCUT2D eigenvalue weighted by Gasteiger charge is -2.00. The minimum atomic E-state index is 0.474. The molecule has 5 heteroatoms. The Morgan fingerprint density at radius 3 is 3.06 bits per heavy atom. The monoisotopic (exact) mass is 232 g/mol. The number of hydrogen-bond donors (Lipinski definition) is 1. The summed E-state index contributed by atoms with van der Waals surface area (Å²) in [4.78, 5) is 12.3. The molecule has 0 aromatic carbocycles. The molecule has 0 spiro atoms. The van der Waals surface area contributed by atoms with E-state index in [1.165, 1.54) is 11.9 Å². The average molecular weight is 232 g/mol. The minimum absolute atomic E-state index is 0.474. The van der Waals surface area contributed by atoms with Gasteiger partial charge in [-0.1, -0.05) is 0 Å². The smallest absolute Gasteiger partial charge is 0.135 e. The number of hydrogen-bond acceptors (Lipinski definition) is 5. The lowest BCUT2D eigenvalue weighted by atomic mass is 10.2. The van der Waals surface area contributed by atoms with Crippen LogP contribution in [-0.4, -0.2) is 16.2 Å². The maximum atomic E-state index is 5.74. The van der Waals surface area contributed by atoms with Gasteiger partial charge in [-0.3, -0.25) is 4.99 Å². The summed E-state index contributed by atoms with van der Waals surface area (Å²) in [5, 5.41) is 4.12. The van der Waals surface area contributed by atoms with E-state index in [2.05, 4.69) is 26.4 Å². The third-order valence-corrected chi connectivity index (χ3v) is 2.92. The Labute approximate surface area is 97.9 Å². The highest BCUT2D eigenvalue weighted by Gasteiger charge is 2.01. The van der Waals surface area contributed by atoms with Crippen LogP contribution in [0.2, 0.25) is 0 Å². The van der Waals surface area contributed by atoms with E-state index in [1.807, 2.05) is 12.3 Å². The van der Waals surface area contributed by atoms with Crippen LogP contribution in [-0.2, 0) is 6.54 Å². The molecule has 2 N–H and O–H groups in total. The van der Waals surface area contributed by atoms with Crippen LogP contribution < -0.4 is 5.73 Å². The van der Waals surface area contributed by atoms with E-state index in [9.17, 15) is 0 Å². The molecule has 0 fully saturated rings. The maximum absolute atomic E-state index is 5.74. The molecule has 0 aliphatic heterocycles. The molecule has 2 aromatic heterocycles. The standard InChI is InChI=1S/C11H12N4S/c1-8-10(11(12)15-7-14-8)5-13-4-9-2-3-16-6-9/h2-3,5-7H,4H2,1H3,(H2,12,14,15). The van der Waals surface area contributed by atoms with Crippen LogP contribution in [0.5, 0.6) is 0 Å². The van der Waals surface area contributed by atoms with Crippen LogP contribution in [0.3, 0.4) is 0 Å². The molecule has 0 aliphatic rings. The van der Waals surface area contributed by atoms with Gasteiger partial charge >= 0.3 is 0 Å². The van der Waals surface area contributed by atoms with Gasteiger partial charge in [0.25, 0.3) is 0 Å². The summed E-state index contributed by atoms with van der Waals surface area (Å²) in [6, 6.07) is 2.06. The maximum Gasteiger partial charge on any atom is 0.135 e. The quantitative estimate of drug-likeness (QED) is 0.824. The molecule has 2 rings (SSSR count). The van der Waals surface area contributed by atoms with Crippen LogP contribution in [0.25, 0.3) is 0 Å². The number of aryl methyl sites for hydroxylation is 1. The van der Waals surface area contributed by atoms with E-state index in [0.29, 0.717) is 12.4 Å². The van der Waals surface area contributed by atoms with Crippen molar-refractivity contribution in [3.05, 3.63) is 40.0 Å². The summed E-state index contributed by atoms with van der Waals surface area (Å²) in [6.45, 7) is 2.56. The topological polar surface area (TPSA) is 64.2 Å². The Balaban J connectivity index is 2.12. The molecule has 0 atom stereocenters. The zero-order valence-corrected chi connectivity index (χ0v) is 9.74. The van der Waals surface area contributed by atoms with E-state index in [1.54, 1.807) is 17.6 Å². The van der Waals surface area contributed by atoms with Gasteiger partial charge in [-0.25, -0.2) is 9.97 Å². The second kappa shape index (κ2) is 4.85. The van der Waals surface area contributed by atoms with E-state index >= 15 is 0 Å². The van der Waals surface area contributed by atoms with Crippen molar-refractivity contribution in [1.29, 1.82) is 0 Å². The number of nitrogen functional groups attached to an aromatic ring is 1. The number of aromatic nitrogens is 2. The first-order valence-corrected chi connectivity index (χ1v) is 5.79. The van der Waals surface area contributed by atoms with E-state index in [-0.39, 0.29) is 0 Å². The van der Waals surface area contributed by atoms with Gasteiger partial charge in [0.15, 0.2) is 0 Å². The molecular formula is C11H12N4S. The summed E-state index contributed by atoms with van der Waals surface area (Å²) in [6.07, 6.45) is 3.20. The molecule has 82 valence electrons. The SMILES string of the molecule is Cc1ncnc(N)c1C=NCc1ccsc1. The van der Waals surface area contributed by atoms with Gasteiger partial charge < -0.3 is 5.73 Å². The van der Waals surface area contributed by atoms with Gasteiger partial charge in [0, 0.05) is 6.21 Å². The Morgan fingerprint density at radius 1 is 1.50 bits per heavy atom. The minimum Gasteiger partial charge on any atom is -0.383 e. The highest BCUT2D eigenvalue weighted by Crippen LogP contribution is 2.10. The van der Waals surface area contributed by atoms with Gasteiger partial charge in [-0.2, -0.15) is 11.3 Å². The number of aliphatic imine (C=N–C) groups is 1. The Bertz CT molecular complexity index is 470. The molecule has 4 nitrogen and oxygen atoms in total. The molecule has 16 heavy (non-hydrogen) atoms. The predicted octanol–water partition coefficient (Wildman–Crippen LogP) is 2.05. The fourth-order valence-electron chi connectivity index (χ4n) is 1.29. The molecule has 2 aromatic rings. The number of anilines is 1. The Hall–Kier alpha value is -1.75. The van der Waals surface area contributed by atoms with Crippen molar-refractivity contribution in [3.63, 3.8) is 0 Å². The highest BCUT2D eigenvalue weighted by molar-refractivity contribution is 7.07. The molecular weight excluding hydrogens is 220 g/mol. The number of thiophene rings is 1. The predicted molar refractivity (Wildman–Crippen MR) is 66.8 cm³/mol. The van der Waals surface area contributed by atoms with Crippen molar-refractivity contribution in [1.82, 2.24) is 9.97 Å². The summed E-state index contributed by atoms with van der Waals surface area (Å²) in [7, 11) is 0. The molecule has 0 saturated carbocycles. The molecule has 0 amide bonds. The van der Waals surface area contributed by atoms with Crippen molar-refractivity contribution in [3.8, 4) is 0 Å². The molecule has 2 heterocycles. The summed E-state index contributed by atoms with van der Waals surface area (Å²) >= 11 is 1.67. The molecule has 0 saturated heterocycles. The van der Waals surface area contributed by atoms with Crippen molar-refractivity contribution < 1.29 is 0 Å². The highest BCUT2D eigenvalue weighted by atomic mass is 32.1. The number of rotatable bonds is 3. The van der Waals surface area contributed by atoms with E-state index in [0.717, 1.165) is 11.3 Å². The first-order valence-electron chi connectivity index (χ1n) is 4.85. The van der Waals surface area contributed by atoms with Crippen LogP contribution >= 0.6 is 11.3 Å². The number of nitrogens with two attached hydrogens (primary N) is 1. The molecule has 0 bridgehead atoms. The second-order valence-corrected chi connectivity index (χ2v) is 4.14. The van der Waals surface area contributed by atoms with E-state index < -0.39 is 0 Å². The zero-order chi connectivity index (χ0) is 11.4. The second-order valence-electron chi connectivity index (χ2n) is 3.36. The largest absolute Gasteiger partial charge is 0.383 e. The van der Waals surface area contributed by atoms with Gasteiger partial charge in [-0.15, -0.1) is 0 Å². The fraction of sp³-hybridized carbons (Fsp3) is 0.182. The number of nitrogens with zero attached hydrogens (tertiary/aromatic N) is 3. The van der Waals surface area contributed by atoms with Gasteiger partial charge in [0.2, 0.25) is 0 Å². The first kappa shape index (κ1) is 10.8. The Morgan fingerprint density at radius 2 is 2.38 bits per heavy atom. The summed E-state index contributed by atoms with van der Waals surface area (Å²) in [5.74, 6) is 0.474. The van der Waals surface area contributed by atoms with Crippen molar-refractivity contribution >= 4 is 23.4 Å².